The van der Waals surface area contributed by atoms with E-state index in [1.165, 1.54) is 0 Å². The molecular formula is C16H24N2O3. The summed E-state index contributed by atoms with van der Waals surface area (Å²) in [4.78, 5) is 12.1. The summed E-state index contributed by atoms with van der Waals surface area (Å²) in [7, 11) is 1.65. The molecule has 1 aromatic rings. The number of benzene rings is 1. The van der Waals surface area contributed by atoms with Crippen molar-refractivity contribution in [1.82, 2.24) is 5.32 Å². The van der Waals surface area contributed by atoms with Gasteiger partial charge in [-0.15, -0.1) is 0 Å². The molecule has 0 aliphatic carbocycles. The van der Waals surface area contributed by atoms with Crippen LogP contribution in [0.5, 0.6) is 5.75 Å². The molecule has 0 saturated carbocycles. The van der Waals surface area contributed by atoms with E-state index in [0.717, 1.165) is 30.6 Å². The molecule has 1 amide bonds. The maximum absolute atomic E-state index is 12.1. The number of carbonyl (C=O) groups excluding carboxylic acids is 1. The van der Waals surface area contributed by atoms with Gasteiger partial charge in [-0.2, -0.15) is 0 Å². The van der Waals surface area contributed by atoms with Crippen molar-refractivity contribution in [3.05, 3.63) is 29.8 Å². The molecule has 5 nitrogen and oxygen atoms in total. The lowest BCUT2D eigenvalue weighted by molar-refractivity contribution is -0.132. The zero-order valence-corrected chi connectivity index (χ0v) is 12.7. The fraction of sp³-hybridized carbons (Fsp3) is 0.562. The SMILES string of the molecule is COc1cccc(CC(C)NC(=O)[C@@H]2CC[C@H](CN)O2)c1. The van der Waals surface area contributed by atoms with Crippen LogP contribution in [0.3, 0.4) is 0 Å². The molecule has 5 heteroatoms. The van der Waals surface area contributed by atoms with Crippen molar-refractivity contribution in [3.8, 4) is 5.75 Å². The molecule has 1 aliphatic rings. The number of nitrogens with one attached hydrogen (secondary N) is 1. The number of ether oxygens (including phenoxy) is 2. The van der Waals surface area contributed by atoms with Crippen LogP contribution in [0.2, 0.25) is 0 Å². The Morgan fingerprint density at radius 3 is 3.00 bits per heavy atom. The standard InChI is InChI=1S/C16H24N2O3/c1-11(8-12-4-3-5-13(9-12)20-2)18-16(19)15-7-6-14(10-17)21-15/h3-5,9,11,14-15H,6-8,10,17H2,1-2H3,(H,18,19)/t11?,14-,15+/m1/s1. The maximum Gasteiger partial charge on any atom is 0.249 e. The van der Waals surface area contributed by atoms with E-state index in [-0.39, 0.29) is 24.2 Å². The highest BCUT2D eigenvalue weighted by Gasteiger charge is 2.30. The third-order valence-corrected chi connectivity index (χ3v) is 3.73. The molecule has 1 fully saturated rings. The van der Waals surface area contributed by atoms with Crippen molar-refractivity contribution < 1.29 is 14.3 Å². The van der Waals surface area contributed by atoms with E-state index in [1.807, 2.05) is 31.2 Å². The van der Waals surface area contributed by atoms with Gasteiger partial charge in [0, 0.05) is 12.6 Å². The van der Waals surface area contributed by atoms with E-state index in [0.29, 0.717) is 6.54 Å². The van der Waals surface area contributed by atoms with E-state index in [1.54, 1.807) is 7.11 Å². The molecule has 0 aromatic heterocycles. The number of rotatable bonds is 6. The van der Waals surface area contributed by atoms with Crippen LogP contribution in [0.25, 0.3) is 0 Å². The Labute approximate surface area is 125 Å². The Bertz CT molecular complexity index is 478. The number of hydrogen-bond donors (Lipinski definition) is 2. The van der Waals surface area contributed by atoms with Crippen molar-refractivity contribution in [2.45, 2.75) is 44.4 Å². The Kier molecular flexibility index (Phi) is 5.59. The lowest BCUT2D eigenvalue weighted by Crippen LogP contribution is -2.41. The molecule has 3 N–H and O–H groups in total. The Morgan fingerprint density at radius 2 is 2.33 bits per heavy atom. The largest absolute Gasteiger partial charge is 0.497 e. The van der Waals surface area contributed by atoms with Gasteiger partial charge in [0.2, 0.25) is 5.91 Å². The Hall–Kier alpha value is -1.59. The minimum absolute atomic E-state index is 0.0226. The van der Waals surface area contributed by atoms with E-state index < -0.39 is 0 Å². The summed E-state index contributed by atoms with van der Waals surface area (Å²) in [5.74, 6) is 0.789. The minimum atomic E-state index is -0.355. The monoisotopic (exact) mass is 292 g/mol. The summed E-state index contributed by atoms with van der Waals surface area (Å²) in [5, 5.41) is 3.01. The van der Waals surface area contributed by atoms with Crippen LogP contribution in [-0.2, 0) is 16.0 Å². The first-order valence-corrected chi connectivity index (χ1v) is 7.41. The summed E-state index contributed by atoms with van der Waals surface area (Å²) in [5.41, 5.74) is 6.69. The van der Waals surface area contributed by atoms with Gasteiger partial charge in [0.05, 0.1) is 13.2 Å². The Morgan fingerprint density at radius 1 is 1.52 bits per heavy atom. The fourth-order valence-electron chi connectivity index (χ4n) is 2.61. The van der Waals surface area contributed by atoms with Crippen LogP contribution < -0.4 is 15.8 Å². The van der Waals surface area contributed by atoms with Crippen LogP contribution in [0.15, 0.2) is 24.3 Å². The average Bonchev–Trinajstić information content (AvgIpc) is 2.96. The van der Waals surface area contributed by atoms with Crippen LogP contribution in [0.1, 0.15) is 25.3 Å². The summed E-state index contributed by atoms with van der Waals surface area (Å²) >= 11 is 0. The molecule has 116 valence electrons. The van der Waals surface area contributed by atoms with Crippen molar-refractivity contribution in [1.29, 1.82) is 0 Å². The Balaban J connectivity index is 1.83. The second kappa shape index (κ2) is 7.43. The number of amides is 1. The molecule has 3 atom stereocenters. The molecule has 1 aromatic carbocycles. The van der Waals surface area contributed by atoms with Gasteiger partial charge in [-0.1, -0.05) is 12.1 Å². The van der Waals surface area contributed by atoms with Crippen molar-refractivity contribution in [2.75, 3.05) is 13.7 Å². The minimum Gasteiger partial charge on any atom is -0.497 e. The molecule has 1 saturated heterocycles. The lowest BCUT2D eigenvalue weighted by atomic mass is 10.1. The third-order valence-electron chi connectivity index (χ3n) is 3.73. The van der Waals surface area contributed by atoms with Gasteiger partial charge in [-0.05, 0) is 43.9 Å². The first-order valence-electron chi connectivity index (χ1n) is 7.41. The molecule has 1 aliphatic heterocycles. The molecule has 1 heterocycles. The molecule has 0 spiro atoms. The van der Waals surface area contributed by atoms with Gasteiger partial charge in [0.1, 0.15) is 11.9 Å². The number of nitrogens with two attached hydrogens (primary N) is 1. The average molecular weight is 292 g/mol. The van der Waals surface area contributed by atoms with Gasteiger partial charge in [0.15, 0.2) is 0 Å². The lowest BCUT2D eigenvalue weighted by Gasteiger charge is -2.18. The molecular weight excluding hydrogens is 268 g/mol. The van der Waals surface area contributed by atoms with Gasteiger partial charge in [-0.3, -0.25) is 4.79 Å². The third kappa shape index (κ3) is 4.44. The van der Waals surface area contributed by atoms with Crippen LogP contribution in [-0.4, -0.2) is 37.8 Å². The van der Waals surface area contributed by atoms with E-state index >= 15 is 0 Å². The first kappa shape index (κ1) is 15.8. The zero-order chi connectivity index (χ0) is 15.2. The number of methoxy groups -OCH3 is 1. The van der Waals surface area contributed by atoms with E-state index in [4.69, 9.17) is 15.2 Å². The van der Waals surface area contributed by atoms with Gasteiger partial charge >= 0.3 is 0 Å². The van der Waals surface area contributed by atoms with Crippen LogP contribution >= 0.6 is 0 Å². The van der Waals surface area contributed by atoms with Crippen LogP contribution in [0, 0.1) is 0 Å². The van der Waals surface area contributed by atoms with Gasteiger partial charge in [-0.25, -0.2) is 0 Å². The summed E-state index contributed by atoms with van der Waals surface area (Å²) in [6.07, 6.45) is 2.04. The van der Waals surface area contributed by atoms with Gasteiger partial charge < -0.3 is 20.5 Å². The van der Waals surface area contributed by atoms with Crippen molar-refractivity contribution in [2.24, 2.45) is 5.73 Å². The van der Waals surface area contributed by atoms with Crippen molar-refractivity contribution in [3.63, 3.8) is 0 Å². The number of carbonyl (C=O) groups is 1. The molecule has 0 radical (unpaired) electrons. The second-order valence-corrected chi connectivity index (χ2v) is 5.53. The van der Waals surface area contributed by atoms with Crippen molar-refractivity contribution >= 4 is 5.91 Å². The zero-order valence-electron chi connectivity index (χ0n) is 12.7. The van der Waals surface area contributed by atoms with E-state index in [2.05, 4.69) is 5.32 Å². The molecule has 0 bridgehead atoms. The van der Waals surface area contributed by atoms with Gasteiger partial charge in [0.25, 0.3) is 0 Å². The maximum atomic E-state index is 12.1. The molecule has 1 unspecified atom stereocenters. The highest BCUT2D eigenvalue weighted by Crippen LogP contribution is 2.19. The quantitative estimate of drug-likeness (QED) is 0.827. The smallest absolute Gasteiger partial charge is 0.249 e. The second-order valence-electron chi connectivity index (χ2n) is 5.53. The first-order chi connectivity index (χ1) is 10.1. The normalized spacial score (nSPS) is 22.8. The topological polar surface area (TPSA) is 73.6 Å². The van der Waals surface area contributed by atoms with E-state index in [9.17, 15) is 4.79 Å². The summed E-state index contributed by atoms with van der Waals surface area (Å²) in [6, 6.07) is 7.92. The highest BCUT2D eigenvalue weighted by molar-refractivity contribution is 5.81. The molecule has 21 heavy (non-hydrogen) atoms. The molecule has 2 rings (SSSR count). The predicted molar refractivity (Wildman–Crippen MR) is 81.3 cm³/mol. The predicted octanol–water partition coefficient (Wildman–Crippen LogP) is 1.25. The van der Waals surface area contributed by atoms with Crippen LogP contribution in [0.4, 0.5) is 0 Å². The number of hydrogen-bond acceptors (Lipinski definition) is 4. The highest BCUT2D eigenvalue weighted by atomic mass is 16.5. The summed E-state index contributed by atoms with van der Waals surface area (Å²) < 4.78 is 10.8. The summed E-state index contributed by atoms with van der Waals surface area (Å²) in [6.45, 7) is 2.47. The fourth-order valence-corrected chi connectivity index (χ4v) is 2.61.